The maximum atomic E-state index is 12.6. The number of unbranched alkanes of at least 4 members (excludes halogenated alkanes) is 2. The molecule has 0 aliphatic rings. The number of benzene rings is 1. The Bertz CT molecular complexity index is 258. The molecule has 0 heterocycles. The molecule has 0 bridgehead atoms. The second kappa shape index (κ2) is 10.6. The van der Waals surface area contributed by atoms with Gasteiger partial charge in [0.25, 0.3) is 0 Å². The molecule has 0 unspecified atom stereocenters. The van der Waals surface area contributed by atoms with Gasteiger partial charge >= 0.3 is 30.0 Å². The Labute approximate surface area is 107 Å². The fourth-order valence-electron chi connectivity index (χ4n) is 1.04. The van der Waals surface area contributed by atoms with Gasteiger partial charge in [-0.15, -0.1) is 12.1 Å². The van der Waals surface area contributed by atoms with Crippen molar-refractivity contribution in [2.75, 3.05) is 6.61 Å². The van der Waals surface area contributed by atoms with Crippen LogP contribution in [0.1, 0.15) is 26.2 Å². The van der Waals surface area contributed by atoms with E-state index in [2.05, 4.69) is 26.6 Å². The average molecular weight is 327 g/mol. The molecule has 0 atom stereocenters. The first-order valence-electron chi connectivity index (χ1n) is 4.89. The predicted octanol–water partition coefficient (Wildman–Crippen LogP) is 4.04. The van der Waals surface area contributed by atoms with E-state index in [0.717, 1.165) is 19.3 Å². The van der Waals surface area contributed by atoms with E-state index in [1.54, 1.807) is 0 Å². The van der Waals surface area contributed by atoms with Crippen LogP contribution in [-0.4, -0.2) is 6.61 Å². The van der Waals surface area contributed by atoms with Crippen LogP contribution in [0, 0.1) is 11.9 Å². The molecule has 1 aromatic carbocycles. The maximum absolute atomic E-state index is 12.6. The Hall–Kier alpha value is 0.0534. The van der Waals surface area contributed by atoms with E-state index in [1.807, 2.05) is 0 Å². The third-order valence-electron chi connectivity index (χ3n) is 1.74. The second-order valence-corrected chi connectivity index (χ2v) is 2.93. The SMILES string of the molecule is CCCCCOc1[c-]ccc(F)c1.[Zn+][Br]. The van der Waals surface area contributed by atoms with Crippen molar-refractivity contribution >= 4 is 13.6 Å². The van der Waals surface area contributed by atoms with E-state index >= 15 is 0 Å². The molecule has 1 aromatic rings. The topological polar surface area (TPSA) is 9.23 Å². The van der Waals surface area contributed by atoms with Gasteiger partial charge in [-0.1, -0.05) is 25.8 Å². The molecular formula is C11H14BrFOZn. The van der Waals surface area contributed by atoms with E-state index in [9.17, 15) is 4.39 Å². The van der Waals surface area contributed by atoms with Gasteiger partial charge in [0, 0.05) is 11.6 Å². The molecule has 4 heteroatoms. The van der Waals surface area contributed by atoms with Gasteiger partial charge < -0.3 is 4.74 Å². The first-order valence-corrected chi connectivity index (χ1v) is 11.8. The van der Waals surface area contributed by atoms with Gasteiger partial charge in [0.2, 0.25) is 0 Å². The average Bonchev–Trinajstić information content (AvgIpc) is 2.27. The summed E-state index contributed by atoms with van der Waals surface area (Å²) in [6, 6.07) is 7.07. The molecule has 0 saturated heterocycles. The van der Waals surface area contributed by atoms with Gasteiger partial charge in [-0.05, 0) is 6.42 Å². The summed E-state index contributed by atoms with van der Waals surface area (Å²) in [5, 5.41) is 0. The van der Waals surface area contributed by atoms with Crippen LogP contribution in [0.5, 0.6) is 5.75 Å². The molecule has 0 amide bonds. The van der Waals surface area contributed by atoms with E-state index in [0.29, 0.717) is 12.4 Å². The zero-order valence-corrected chi connectivity index (χ0v) is 13.5. The molecule has 15 heavy (non-hydrogen) atoms. The first-order chi connectivity index (χ1) is 7.33. The Morgan fingerprint density at radius 3 is 2.80 bits per heavy atom. The second-order valence-electron chi connectivity index (χ2n) is 2.93. The van der Waals surface area contributed by atoms with Crippen molar-refractivity contribution < 1.29 is 25.5 Å². The summed E-state index contributed by atoms with van der Waals surface area (Å²) in [5.41, 5.74) is 0. The Kier molecular flexibility index (Phi) is 10.6. The minimum atomic E-state index is -0.274. The Morgan fingerprint density at radius 1 is 1.47 bits per heavy atom. The van der Waals surface area contributed by atoms with Crippen LogP contribution >= 0.6 is 13.6 Å². The third kappa shape index (κ3) is 7.92. The van der Waals surface area contributed by atoms with Crippen LogP contribution in [0.25, 0.3) is 0 Å². The van der Waals surface area contributed by atoms with Crippen molar-refractivity contribution in [1.29, 1.82) is 0 Å². The molecule has 0 aliphatic heterocycles. The van der Waals surface area contributed by atoms with Crippen LogP contribution in [0.15, 0.2) is 18.2 Å². The van der Waals surface area contributed by atoms with Gasteiger partial charge in [-0.3, -0.25) is 0 Å². The summed E-state index contributed by atoms with van der Waals surface area (Å²) in [5.74, 6) is 0.223. The quantitative estimate of drug-likeness (QED) is 0.451. The van der Waals surface area contributed by atoms with Crippen molar-refractivity contribution in [3.63, 3.8) is 0 Å². The molecule has 0 radical (unpaired) electrons. The fourth-order valence-corrected chi connectivity index (χ4v) is 1.04. The van der Waals surface area contributed by atoms with Crippen molar-refractivity contribution in [2.24, 2.45) is 0 Å². The summed E-state index contributed by atoms with van der Waals surface area (Å²) in [6.07, 6.45) is 3.33. The van der Waals surface area contributed by atoms with Crippen LogP contribution in [0.2, 0.25) is 0 Å². The van der Waals surface area contributed by atoms with E-state index in [1.165, 1.54) is 34.5 Å². The van der Waals surface area contributed by atoms with Crippen molar-refractivity contribution in [1.82, 2.24) is 0 Å². The number of rotatable bonds is 5. The minimum absolute atomic E-state index is 0.274. The van der Waals surface area contributed by atoms with Crippen LogP contribution in [0.4, 0.5) is 4.39 Å². The van der Waals surface area contributed by atoms with Gasteiger partial charge in [-0.2, -0.15) is 6.07 Å². The number of ether oxygens (including phenoxy) is 1. The zero-order chi connectivity index (χ0) is 11.5. The van der Waals surface area contributed by atoms with Crippen molar-refractivity contribution in [3.8, 4) is 5.75 Å². The van der Waals surface area contributed by atoms with Crippen LogP contribution in [0.3, 0.4) is 0 Å². The monoisotopic (exact) mass is 324 g/mol. The molecule has 0 aromatic heterocycles. The summed E-state index contributed by atoms with van der Waals surface area (Å²) in [7, 11) is 0. The van der Waals surface area contributed by atoms with Gasteiger partial charge in [0.1, 0.15) is 0 Å². The summed E-state index contributed by atoms with van der Waals surface area (Å²) < 4.78 is 17.9. The molecule has 1 rings (SSSR count). The predicted molar refractivity (Wildman–Crippen MR) is 59.2 cm³/mol. The number of halogens is 2. The Morgan fingerprint density at radius 2 is 2.20 bits per heavy atom. The first kappa shape index (κ1) is 15.1. The zero-order valence-electron chi connectivity index (χ0n) is 8.93. The van der Waals surface area contributed by atoms with Gasteiger partial charge in [0.05, 0.1) is 6.61 Å². The molecule has 1 nitrogen and oxygen atoms in total. The molecule has 0 saturated carbocycles. The summed E-state index contributed by atoms with van der Waals surface area (Å²) in [6.45, 7) is 2.78. The van der Waals surface area contributed by atoms with Crippen LogP contribution < -0.4 is 4.74 Å². The fraction of sp³-hybridized carbons (Fsp3) is 0.455. The van der Waals surface area contributed by atoms with Crippen molar-refractivity contribution in [2.45, 2.75) is 26.2 Å². The van der Waals surface area contributed by atoms with E-state index in [-0.39, 0.29) is 5.82 Å². The molecule has 0 fully saturated rings. The molecule has 80 valence electrons. The molecule has 0 N–H and O–H groups in total. The molecule has 0 aliphatic carbocycles. The number of hydrogen-bond donors (Lipinski definition) is 0. The normalized spacial score (nSPS) is 9.13. The van der Waals surface area contributed by atoms with E-state index in [4.69, 9.17) is 4.74 Å². The molecular weight excluding hydrogens is 312 g/mol. The van der Waals surface area contributed by atoms with Gasteiger partial charge in [-0.25, -0.2) is 4.39 Å². The van der Waals surface area contributed by atoms with Crippen LogP contribution in [-0.2, 0) is 16.3 Å². The van der Waals surface area contributed by atoms with Crippen molar-refractivity contribution in [3.05, 3.63) is 30.1 Å². The summed E-state index contributed by atoms with van der Waals surface area (Å²) in [4.78, 5) is 0. The van der Waals surface area contributed by atoms with Gasteiger partial charge in [0.15, 0.2) is 0 Å². The Balaban J connectivity index is 0.000000921. The third-order valence-corrected chi connectivity index (χ3v) is 1.74. The standard InChI is InChI=1S/C11H14FO.BrH.Zn/c1-2-3-4-8-13-11-7-5-6-10(12)9-11;;/h5-6,9H,2-4,8H2,1H3;1H;/q-1;;+2/p-1. The summed E-state index contributed by atoms with van der Waals surface area (Å²) >= 11 is 4.25. The number of hydrogen-bond acceptors (Lipinski definition) is 1. The molecule has 0 spiro atoms. The van der Waals surface area contributed by atoms with E-state index < -0.39 is 0 Å².